The smallest absolute Gasteiger partial charge is 0.194 e. The van der Waals surface area contributed by atoms with Gasteiger partial charge in [0.2, 0.25) is 0 Å². The predicted octanol–water partition coefficient (Wildman–Crippen LogP) is 3.15. The molecule has 0 spiro atoms. The van der Waals surface area contributed by atoms with Crippen LogP contribution >= 0.6 is 0 Å². The van der Waals surface area contributed by atoms with Gasteiger partial charge in [0.1, 0.15) is 0 Å². The Hall–Kier alpha value is -1.95. The Morgan fingerprint density at radius 3 is 2.25 bits per heavy atom. The predicted molar refractivity (Wildman–Crippen MR) is 69.6 cm³/mol. The number of aryl methyl sites for hydroxylation is 1. The molecule has 1 unspecified atom stereocenters. The number of halogens is 3. The Morgan fingerprint density at radius 1 is 1.15 bits per heavy atom. The van der Waals surface area contributed by atoms with E-state index in [0.717, 1.165) is 17.7 Å². The Labute approximate surface area is 114 Å². The molecule has 1 heterocycles. The highest BCUT2D eigenvalue weighted by Gasteiger charge is 2.15. The van der Waals surface area contributed by atoms with E-state index in [9.17, 15) is 13.2 Å². The topological polar surface area (TPSA) is 37.8 Å². The minimum Gasteiger partial charge on any atom is -0.313 e. The summed E-state index contributed by atoms with van der Waals surface area (Å²) in [6.45, 7) is 3.73. The highest BCUT2D eigenvalue weighted by Crippen LogP contribution is 2.23. The number of nitrogens with one attached hydrogen (secondary N) is 1. The summed E-state index contributed by atoms with van der Waals surface area (Å²) < 4.78 is 39.3. The van der Waals surface area contributed by atoms with E-state index in [0.29, 0.717) is 5.69 Å². The number of benzene rings is 1. The molecular formula is C14H14F3N3. The van der Waals surface area contributed by atoms with Gasteiger partial charge in [-0.05, 0) is 33.0 Å². The molecule has 20 heavy (non-hydrogen) atoms. The lowest BCUT2D eigenvalue weighted by molar-refractivity contribution is 0.447. The second-order valence-electron chi connectivity index (χ2n) is 4.50. The quantitative estimate of drug-likeness (QED) is 0.878. The molecule has 0 fully saturated rings. The lowest BCUT2D eigenvalue weighted by Gasteiger charge is -2.13. The number of rotatable bonds is 3. The van der Waals surface area contributed by atoms with Crippen LogP contribution in [0.5, 0.6) is 0 Å². The summed E-state index contributed by atoms with van der Waals surface area (Å²) >= 11 is 0. The zero-order valence-corrected chi connectivity index (χ0v) is 11.3. The lowest BCUT2D eigenvalue weighted by atomic mass is 10.1. The van der Waals surface area contributed by atoms with Crippen LogP contribution in [0, 0.1) is 24.4 Å². The van der Waals surface area contributed by atoms with E-state index < -0.39 is 17.5 Å². The minimum absolute atomic E-state index is 0.0609. The first-order chi connectivity index (χ1) is 9.43. The van der Waals surface area contributed by atoms with Gasteiger partial charge in [-0.25, -0.2) is 23.1 Å². The Bertz CT molecular complexity index is 621. The van der Waals surface area contributed by atoms with Crippen LogP contribution in [0.15, 0.2) is 18.3 Å². The first-order valence-corrected chi connectivity index (χ1v) is 6.09. The van der Waals surface area contributed by atoms with Crippen molar-refractivity contribution < 1.29 is 13.2 Å². The van der Waals surface area contributed by atoms with Gasteiger partial charge in [0, 0.05) is 29.1 Å². The van der Waals surface area contributed by atoms with Gasteiger partial charge in [-0.1, -0.05) is 0 Å². The summed E-state index contributed by atoms with van der Waals surface area (Å²) in [7, 11) is 1.81. The molecule has 0 aliphatic heterocycles. The molecule has 1 aromatic heterocycles. The lowest BCUT2D eigenvalue weighted by Crippen LogP contribution is -2.15. The second-order valence-corrected chi connectivity index (χ2v) is 4.50. The van der Waals surface area contributed by atoms with E-state index >= 15 is 0 Å². The summed E-state index contributed by atoms with van der Waals surface area (Å²) in [5.74, 6) is -3.85. The zero-order valence-electron chi connectivity index (χ0n) is 11.3. The third kappa shape index (κ3) is 2.65. The van der Waals surface area contributed by atoms with Gasteiger partial charge < -0.3 is 5.32 Å². The molecule has 3 nitrogen and oxygen atoms in total. The van der Waals surface area contributed by atoms with Crippen LogP contribution in [-0.4, -0.2) is 17.0 Å². The molecule has 0 aliphatic rings. The molecule has 0 amide bonds. The van der Waals surface area contributed by atoms with Crippen LogP contribution in [0.4, 0.5) is 13.2 Å². The minimum atomic E-state index is -1.49. The van der Waals surface area contributed by atoms with Crippen molar-refractivity contribution in [2.24, 2.45) is 0 Å². The first kappa shape index (κ1) is 14.5. The molecule has 2 aromatic rings. The standard InChI is InChI=1S/C14H14F3N3/c1-7(18-3)10-6-19-14(20-8(10)2)9-4-11(15)13(17)12(16)5-9/h4-7,18H,1-3H3. The summed E-state index contributed by atoms with van der Waals surface area (Å²) in [4.78, 5) is 8.30. The van der Waals surface area contributed by atoms with Gasteiger partial charge in [-0.3, -0.25) is 0 Å². The third-order valence-corrected chi connectivity index (χ3v) is 3.16. The van der Waals surface area contributed by atoms with Gasteiger partial charge in [-0.15, -0.1) is 0 Å². The van der Waals surface area contributed by atoms with Crippen molar-refractivity contribution >= 4 is 0 Å². The normalized spacial score (nSPS) is 12.5. The van der Waals surface area contributed by atoms with Crippen molar-refractivity contribution in [3.63, 3.8) is 0 Å². The maximum atomic E-state index is 13.2. The van der Waals surface area contributed by atoms with Crippen molar-refractivity contribution in [1.82, 2.24) is 15.3 Å². The largest absolute Gasteiger partial charge is 0.313 e. The van der Waals surface area contributed by atoms with Crippen LogP contribution in [0.25, 0.3) is 11.4 Å². The first-order valence-electron chi connectivity index (χ1n) is 6.09. The van der Waals surface area contributed by atoms with E-state index in [2.05, 4.69) is 15.3 Å². The van der Waals surface area contributed by atoms with Crippen LogP contribution < -0.4 is 5.32 Å². The average molecular weight is 281 g/mol. The summed E-state index contributed by atoms with van der Waals surface area (Å²) in [6, 6.07) is 1.83. The van der Waals surface area contributed by atoms with Crippen molar-refractivity contribution in [3.8, 4) is 11.4 Å². The van der Waals surface area contributed by atoms with Crippen molar-refractivity contribution in [2.45, 2.75) is 19.9 Å². The molecular weight excluding hydrogens is 267 g/mol. The van der Waals surface area contributed by atoms with Crippen molar-refractivity contribution in [2.75, 3.05) is 7.05 Å². The molecule has 0 saturated carbocycles. The molecule has 6 heteroatoms. The third-order valence-electron chi connectivity index (χ3n) is 3.16. The van der Waals surface area contributed by atoms with Gasteiger partial charge in [-0.2, -0.15) is 0 Å². The average Bonchev–Trinajstić information content (AvgIpc) is 2.43. The highest BCUT2D eigenvalue weighted by atomic mass is 19.2. The Balaban J connectivity index is 2.47. The van der Waals surface area contributed by atoms with E-state index in [1.165, 1.54) is 0 Å². The fraction of sp³-hybridized carbons (Fsp3) is 0.286. The van der Waals surface area contributed by atoms with Crippen LogP contribution in [-0.2, 0) is 0 Å². The van der Waals surface area contributed by atoms with Gasteiger partial charge in [0.05, 0.1) is 0 Å². The van der Waals surface area contributed by atoms with Crippen molar-refractivity contribution in [1.29, 1.82) is 0 Å². The molecule has 106 valence electrons. The van der Waals surface area contributed by atoms with E-state index in [1.807, 2.05) is 14.0 Å². The molecule has 0 radical (unpaired) electrons. The maximum absolute atomic E-state index is 13.2. The zero-order chi connectivity index (χ0) is 14.9. The Morgan fingerprint density at radius 2 is 1.75 bits per heavy atom. The fourth-order valence-corrected chi connectivity index (χ4v) is 1.88. The Kier molecular flexibility index (Phi) is 4.04. The van der Waals surface area contributed by atoms with Gasteiger partial charge in [0.15, 0.2) is 23.3 Å². The molecule has 0 bridgehead atoms. The molecule has 1 atom stereocenters. The maximum Gasteiger partial charge on any atom is 0.194 e. The number of aromatic nitrogens is 2. The summed E-state index contributed by atoms with van der Waals surface area (Å²) in [5, 5.41) is 3.06. The molecule has 1 aromatic carbocycles. The molecule has 2 rings (SSSR count). The molecule has 0 saturated heterocycles. The SMILES string of the molecule is CNC(C)c1cnc(-c2cc(F)c(F)c(F)c2)nc1C. The van der Waals surface area contributed by atoms with Crippen molar-refractivity contribution in [3.05, 3.63) is 47.0 Å². The summed E-state index contributed by atoms with van der Waals surface area (Å²) in [6.07, 6.45) is 1.60. The van der Waals surface area contributed by atoms with Gasteiger partial charge in [0.25, 0.3) is 0 Å². The van der Waals surface area contributed by atoms with Crippen LogP contribution in [0.2, 0.25) is 0 Å². The van der Waals surface area contributed by atoms with Crippen LogP contribution in [0.3, 0.4) is 0 Å². The van der Waals surface area contributed by atoms with E-state index in [1.54, 1.807) is 13.1 Å². The monoisotopic (exact) mass is 281 g/mol. The second kappa shape index (κ2) is 5.58. The van der Waals surface area contributed by atoms with Crippen LogP contribution in [0.1, 0.15) is 24.2 Å². The van der Waals surface area contributed by atoms with E-state index in [-0.39, 0.29) is 17.4 Å². The molecule has 1 N–H and O–H groups in total. The number of hydrogen-bond acceptors (Lipinski definition) is 3. The van der Waals surface area contributed by atoms with Gasteiger partial charge >= 0.3 is 0 Å². The summed E-state index contributed by atoms with van der Waals surface area (Å²) in [5.41, 5.74) is 1.69. The molecule has 0 aliphatic carbocycles. The number of nitrogens with zero attached hydrogens (tertiary/aromatic N) is 2. The highest BCUT2D eigenvalue weighted by molar-refractivity contribution is 5.55. The van der Waals surface area contributed by atoms with E-state index in [4.69, 9.17) is 0 Å². The fourth-order valence-electron chi connectivity index (χ4n) is 1.88. The number of hydrogen-bond donors (Lipinski definition) is 1.